The smallest absolute Gasteiger partial charge is 0.124 e. The van der Waals surface area contributed by atoms with Gasteiger partial charge in [0.15, 0.2) is 0 Å². The van der Waals surface area contributed by atoms with E-state index in [9.17, 15) is 0 Å². The number of halogens is 2. The minimum atomic E-state index is -0.526. The maximum Gasteiger partial charge on any atom is 0.124 e. The lowest BCUT2D eigenvalue weighted by molar-refractivity contribution is 0.398. The molecular weight excluding hydrogens is 516 g/mol. The first kappa shape index (κ1) is 19.1. The summed E-state index contributed by atoms with van der Waals surface area (Å²) in [5.41, 5.74) is 9.08. The van der Waals surface area contributed by atoms with E-state index in [1.165, 1.54) is 33.4 Å². The van der Waals surface area contributed by atoms with Gasteiger partial charge in [-0.05, 0) is 46.5 Å². The zero-order chi connectivity index (χ0) is 21.3. The molecule has 6 rings (SSSR count). The van der Waals surface area contributed by atoms with E-state index >= 15 is 0 Å². The molecule has 0 unspecified atom stereocenters. The Labute approximate surface area is 198 Å². The van der Waals surface area contributed by atoms with Crippen molar-refractivity contribution >= 4 is 31.9 Å². The quantitative estimate of drug-likeness (QED) is 0.228. The predicted octanol–water partition coefficient (Wildman–Crippen LogP) is 7.57. The molecule has 1 spiro atoms. The molecule has 0 N–H and O–H groups in total. The summed E-state index contributed by atoms with van der Waals surface area (Å²) in [6.45, 7) is 0. The van der Waals surface area contributed by atoms with Crippen molar-refractivity contribution in [1.82, 2.24) is 0 Å². The van der Waals surface area contributed by atoms with E-state index < -0.39 is 5.41 Å². The van der Waals surface area contributed by atoms with Crippen molar-refractivity contribution in [3.63, 3.8) is 0 Å². The van der Waals surface area contributed by atoms with Crippen molar-refractivity contribution in [3.8, 4) is 33.8 Å². The molecule has 0 atom stereocenters. The maximum absolute atomic E-state index is 5.99. The van der Waals surface area contributed by atoms with Gasteiger partial charge in [-0.15, -0.1) is 0 Å². The highest BCUT2D eigenvalue weighted by molar-refractivity contribution is 9.11. The van der Waals surface area contributed by atoms with Crippen LogP contribution in [0.5, 0.6) is 11.5 Å². The zero-order valence-corrected chi connectivity index (χ0v) is 20.2. The van der Waals surface area contributed by atoms with Gasteiger partial charge >= 0.3 is 0 Å². The number of benzene rings is 4. The van der Waals surface area contributed by atoms with Crippen molar-refractivity contribution in [2.45, 2.75) is 5.41 Å². The van der Waals surface area contributed by atoms with Crippen molar-refractivity contribution in [2.24, 2.45) is 0 Å². The second-order valence-electron chi connectivity index (χ2n) is 7.84. The van der Waals surface area contributed by atoms with E-state index in [-0.39, 0.29) is 0 Å². The first-order valence-electron chi connectivity index (χ1n) is 10.1. The third-order valence-corrected chi connectivity index (χ3v) is 7.94. The van der Waals surface area contributed by atoms with Crippen LogP contribution in [0.15, 0.2) is 81.7 Å². The van der Waals surface area contributed by atoms with Crippen LogP contribution >= 0.6 is 31.9 Å². The monoisotopic (exact) mass is 532 g/mol. The van der Waals surface area contributed by atoms with Crippen LogP contribution in [0.2, 0.25) is 0 Å². The number of rotatable bonds is 2. The second-order valence-corrected chi connectivity index (χ2v) is 9.55. The SMILES string of the molecule is COc1ccc(Br)c2c1C1(c3ccccc3-2)c2ccccc2-c2c(Br)ccc(OC)c21. The van der Waals surface area contributed by atoms with E-state index in [0.29, 0.717) is 0 Å². The van der Waals surface area contributed by atoms with Crippen LogP contribution in [0.3, 0.4) is 0 Å². The molecule has 0 radical (unpaired) electrons. The highest BCUT2D eigenvalue weighted by atomic mass is 79.9. The third kappa shape index (κ3) is 2.22. The van der Waals surface area contributed by atoms with Crippen LogP contribution < -0.4 is 9.47 Å². The molecule has 0 bridgehead atoms. The third-order valence-electron chi connectivity index (χ3n) is 6.62. The van der Waals surface area contributed by atoms with Gasteiger partial charge in [-0.25, -0.2) is 0 Å². The minimum absolute atomic E-state index is 0.526. The van der Waals surface area contributed by atoms with Crippen LogP contribution in [0.1, 0.15) is 22.3 Å². The summed E-state index contributed by atoms with van der Waals surface area (Å²) in [5.74, 6) is 1.75. The van der Waals surface area contributed by atoms with E-state index in [1.54, 1.807) is 14.2 Å². The number of ether oxygens (including phenoxy) is 2. The van der Waals surface area contributed by atoms with E-state index in [1.807, 2.05) is 0 Å². The Hall–Kier alpha value is -2.56. The molecule has 0 aliphatic heterocycles. The van der Waals surface area contributed by atoms with Gasteiger partial charge in [-0.2, -0.15) is 0 Å². The first-order valence-corrected chi connectivity index (χ1v) is 11.7. The van der Waals surface area contributed by atoms with Gasteiger partial charge in [-0.3, -0.25) is 0 Å². The fraction of sp³-hybridized carbons (Fsp3) is 0.111. The Balaban J connectivity index is 1.93. The Kier molecular flexibility index (Phi) is 4.15. The van der Waals surface area contributed by atoms with Crippen LogP contribution in [0.4, 0.5) is 0 Å². The molecule has 4 aromatic rings. The Morgan fingerprint density at radius 1 is 0.581 bits per heavy atom. The van der Waals surface area contributed by atoms with E-state index in [2.05, 4.69) is 105 Å². The van der Waals surface area contributed by atoms with Crippen molar-refractivity contribution < 1.29 is 9.47 Å². The fourth-order valence-corrected chi connectivity index (χ4v) is 6.68. The molecule has 0 amide bonds. The number of fused-ring (bicyclic) bond motifs is 10. The van der Waals surface area contributed by atoms with Gasteiger partial charge in [0.2, 0.25) is 0 Å². The Morgan fingerprint density at radius 2 is 1.00 bits per heavy atom. The molecule has 0 saturated heterocycles. The van der Waals surface area contributed by atoms with E-state index in [0.717, 1.165) is 31.6 Å². The molecule has 2 aliphatic rings. The summed E-state index contributed by atoms with van der Waals surface area (Å²) < 4.78 is 14.1. The lowest BCUT2D eigenvalue weighted by Gasteiger charge is -2.32. The number of hydrogen-bond donors (Lipinski definition) is 0. The standard InChI is InChI=1S/C27H18Br2O2/c1-30-21-13-11-19(28)23-15-7-3-5-9-17(15)27(25(21)23)18-10-6-4-8-16(18)24-20(29)12-14-22(31-2)26(24)27/h3-14H,1-2H3. The summed E-state index contributed by atoms with van der Waals surface area (Å²) >= 11 is 7.69. The van der Waals surface area contributed by atoms with Gasteiger partial charge in [0, 0.05) is 31.2 Å². The summed E-state index contributed by atoms with van der Waals surface area (Å²) in [7, 11) is 3.50. The van der Waals surface area contributed by atoms with Crippen molar-refractivity contribution in [1.29, 1.82) is 0 Å². The largest absolute Gasteiger partial charge is 0.496 e. The molecule has 4 heteroatoms. The fourth-order valence-electron chi connectivity index (χ4n) is 5.59. The normalized spacial score (nSPS) is 14.1. The molecule has 152 valence electrons. The lowest BCUT2D eigenvalue weighted by Crippen LogP contribution is -2.27. The van der Waals surface area contributed by atoms with Gasteiger partial charge in [0.05, 0.1) is 19.6 Å². The predicted molar refractivity (Wildman–Crippen MR) is 131 cm³/mol. The van der Waals surface area contributed by atoms with Gasteiger partial charge in [-0.1, -0.05) is 80.4 Å². The summed E-state index contributed by atoms with van der Waals surface area (Å²) in [6.07, 6.45) is 0. The molecular formula is C27H18Br2O2. The number of hydrogen-bond acceptors (Lipinski definition) is 2. The van der Waals surface area contributed by atoms with Crippen LogP contribution in [-0.4, -0.2) is 14.2 Å². The molecule has 4 aromatic carbocycles. The first-order chi connectivity index (χ1) is 15.1. The second kappa shape index (κ2) is 6.72. The van der Waals surface area contributed by atoms with Gasteiger partial charge in [0.1, 0.15) is 11.5 Å². The average molecular weight is 534 g/mol. The highest BCUT2D eigenvalue weighted by Crippen LogP contribution is 2.68. The summed E-state index contributed by atoms with van der Waals surface area (Å²) in [6, 6.07) is 25.6. The average Bonchev–Trinajstić information content (AvgIpc) is 3.29. The lowest BCUT2D eigenvalue weighted by atomic mass is 9.70. The molecule has 2 nitrogen and oxygen atoms in total. The van der Waals surface area contributed by atoms with Gasteiger partial charge < -0.3 is 9.47 Å². The molecule has 31 heavy (non-hydrogen) atoms. The maximum atomic E-state index is 5.99. The Bertz CT molecular complexity index is 1280. The van der Waals surface area contributed by atoms with Crippen molar-refractivity contribution in [2.75, 3.05) is 14.2 Å². The summed E-state index contributed by atoms with van der Waals surface area (Å²) in [4.78, 5) is 0. The molecule has 0 heterocycles. The Morgan fingerprint density at radius 3 is 1.42 bits per heavy atom. The zero-order valence-electron chi connectivity index (χ0n) is 17.0. The van der Waals surface area contributed by atoms with Crippen LogP contribution in [0, 0.1) is 0 Å². The molecule has 0 aromatic heterocycles. The molecule has 2 aliphatic carbocycles. The number of methoxy groups -OCH3 is 2. The highest BCUT2D eigenvalue weighted by Gasteiger charge is 2.55. The molecule has 0 saturated carbocycles. The van der Waals surface area contributed by atoms with Gasteiger partial charge in [0.25, 0.3) is 0 Å². The molecule has 0 fully saturated rings. The topological polar surface area (TPSA) is 18.5 Å². The minimum Gasteiger partial charge on any atom is -0.496 e. The van der Waals surface area contributed by atoms with Crippen molar-refractivity contribution in [3.05, 3.63) is 104 Å². The van der Waals surface area contributed by atoms with Crippen LogP contribution in [0.25, 0.3) is 22.3 Å². The van der Waals surface area contributed by atoms with E-state index in [4.69, 9.17) is 9.47 Å². The summed E-state index contributed by atoms with van der Waals surface area (Å²) in [5, 5.41) is 0. The van der Waals surface area contributed by atoms with Crippen LogP contribution in [-0.2, 0) is 5.41 Å².